The van der Waals surface area contributed by atoms with E-state index in [1.54, 1.807) is 11.7 Å². The molecular formula is C21H25N4O3+. The molecular weight excluding hydrogens is 356 g/mol. The van der Waals surface area contributed by atoms with E-state index in [1.165, 1.54) is 4.90 Å². The fourth-order valence-corrected chi connectivity index (χ4v) is 3.45. The van der Waals surface area contributed by atoms with Crippen molar-refractivity contribution >= 4 is 0 Å². The van der Waals surface area contributed by atoms with Gasteiger partial charge >= 0.3 is 0 Å². The van der Waals surface area contributed by atoms with Gasteiger partial charge in [0.1, 0.15) is 23.1 Å². The molecule has 1 atom stereocenters. The quantitative estimate of drug-likeness (QED) is 0.788. The van der Waals surface area contributed by atoms with E-state index in [-0.39, 0.29) is 17.0 Å². The van der Waals surface area contributed by atoms with Crippen molar-refractivity contribution in [3.8, 4) is 17.6 Å². The summed E-state index contributed by atoms with van der Waals surface area (Å²) >= 11 is 0. The van der Waals surface area contributed by atoms with Gasteiger partial charge in [0, 0.05) is 11.8 Å². The smallest absolute Gasteiger partial charge is 0.258 e. The van der Waals surface area contributed by atoms with Crippen LogP contribution in [0, 0.1) is 18.3 Å². The molecule has 0 aliphatic carbocycles. The van der Waals surface area contributed by atoms with E-state index in [2.05, 4.69) is 6.07 Å². The van der Waals surface area contributed by atoms with Crippen molar-refractivity contribution in [2.24, 2.45) is 5.73 Å². The van der Waals surface area contributed by atoms with E-state index in [9.17, 15) is 10.1 Å². The van der Waals surface area contributed by atoms with Crippen molar-refractivity contribution in [2.45, 2.75) is 19.4 Å². The molecule has 3 rings (SSSR count). The van der Waals surface area contributed by atoms with Crippen molar-refractivity contribution in [3.05, 3.63) is 69.0 Å². The van der Waals surface area contributed by atoms with Crippen LogP contribution in [0.3, 0.4) is 0 Å². The van der Waals surface area contributed by atoms with Gasteiger partial charge in [-0.3, -0.25) is 4.79 Å². The van der Waals surface area contributed by atoms with Gasteiger partial charge in [0.25, 0.3) is 5.56 Å². The number of nitriles is 1. The number of methoxy groups -OCH3 is 1. The van der Waals surface area contributed by atoms with Crippen LogP contribution in [0.5, 0.6) is 11.5 Å². The van der Waals surface area contributed by atoms with Crippen LogP contribution >= 0.6 is 0 Å². The molecule has 1 aliphatic heterocycles. The number of pyridine rings is 1. The number of allylic oxidation sites excluding steroid dienone is 1. The van der Waals surface area contributed by atoms with Crippen molar-refractivity contribution in [2.75, 3.05) is 27.7 Å². The van der Waals surface area contributed by atoms with Crippen LogP contribution in [0.2, 0.25) is 0 Å². The van der Waals surface area contributed by atoms with Gasteiger partial charge in [-0.2, -0.15) is 5.26 Å². The number of nitrogens with zero attached hydrogens (tertiary/aromatic N) is 2. The molecule has 0 saturated heterocycles. The van der Waals surface area contributed by atoms with Crippen LogP contribution in [0.4, 0.5) is 0 Å². The molecule has 28 heavy (non-hydrogen) atoms. The minimum absolute atomic E-state index is 0.0251. The van der Waals surface area contributed by atoms with Crippen LogP contribution in [0.15, 0.2) is 46.6 Å². The Labute approximate surface area is 164 Å². The Hall–Kier alpha value is -3.24. The predicted molar refractivity (Wildman–Crippen MR) is 105 cm³/mol. The summed E-state index contributed by atoms with van der Waals surface area (Å²) in [6, 6.07) is 11.3. The third kappa shape index (κ3) is 3.47. The normalized spacial score (nSPS) is 15.8. The van der Waals surface area contributed by atoms with Gasteiger partial charge in [0.15, 0.2) is 0 Å². The third-order valence-electron chi connectivity index (χ3n) is 4.95. The third-order valence-corrected chi connectivity index (χ3v) is 4.95. The molecule has 0 saturated carbocycles. The number of nitrogens with one attached hydrogen (secondary N) is 1. The zero-order chi connectivity index (χ0) is 20.4. The maximum Gasteiger partial charge on any atom is 0.258 e. The molecule has 0 bridgehead atoms. The summed E-state index contributed by atoms with van der Waals surface area (Å²) in [5.74, 6) is 0.470. The Morgan fingerprint density at radius 2 is 2.11 bits per heavy atom. The second kappa shape index (κ2) is 7.79. The lowest BCUT2D eigenvalue weighted by atomic mass is 9.84. The lowest BCUT2D eigenvalue weighted by molar-refractivity contribution is -0.858. The number of quaternary nitrogens is 1. The number of hydrogen-bond acceptors (Lipinski definition) is 5. The standard InChI is InChI=1S/C21H24N4O3/c1-13-10-17-19(21(26)25(13)9-8-24(2)3)18(16(12-22)20(23)28-17)14-6-5-7-15(11-14)27-4/h5-7,10-11,18H,8-9,23H2,1-4H3/p+1/t18-/m0/s1. The highest BCUT2D eigenvalue weighted by Gasteiger charge is 2.34. The molecule has 0 radical (unpaired) electrons. The second-order valence-electron chi connectivity index (χ2n) is 7.18. The average Bonchev–Trinajstić information content (AvgIpc) is 2.66. The SMILES string of the molecule is COc1cccc([C@H]2C(C#N)=C(N)Oc3cc(C)n(CC[NH+](C)C)c(=O)c32)c1. The van der Waals surface area contributed by atoms with E-state index >= 15 is 0 Å². The molecule has 0 spiro atoms. The van der Waals surface area contributed by atoms with Crippen molar-refractivity contribution < 1.29 is 14.4 Å². The molecule has 0 fully saturated rings. The minimum atomic E-state index is -0.602. The minimum Gasteiger partial charge on any atom is -0.497 e. The molecule has 2 heterocycles. The van der Waals surface area contributed by atoms with Gasteiger partial charge in [-0.05, 0) is 24.6 Å². The Balaban J connectivity index is 2.24. The van der Waals surface area contributed by atoms with E-state index in [0.717, 1.165) is 17.8 Å². The Morgan fingerprint density at radius 1 is 1.36 bits per heavy atom. The molecule has 7 nitrogen and oxygen atoms in total. The average molecular weight is 381 g/mol. The lowest BCUT2D eigenvalue weighted by Crippen LogP contribution is -3.06. The van der Waals surface area contributed by atoms with Crippen LogP contribution < -0.4 is 25.7 Å². The molecule has 3 N–H and O–H groups in total. The van der Waals surface area contributed by atoms with Crippen molar-refractivity contribution in [1.82, 2.24) is 4.57 Å². The van der Waals surface area contributed by atoms with Crippen LogP contribution in [-0.2, 0) is 6.54 Å². The summed E-state index contributed by atoms with van der Waals surface area (Å²) in [6.45, 7) is 3.25. The highest BCUT2D eigenvalue weighted by molar-refractivity contribution is 5.56. The number of nitrogens with two attached hydrogens (primary N) is 1. The molecule has 0 amide bonds. The Morgan fingerprint density at radius 3 is 2.75 bits per heavy atom. The van der Waals surface area contributed by atoms with Gasteiger partial charge in [-0.15, -0.1) is 0 Å². The zero-order valence-corrected chi connectivity index (χ0v) is 16.6. The summed E-state index contributed by atoms with van der Waals surface area (Å²) in [6.07, 6.45) is 0. The fourth-order valence-electron chi connectivity index (χ4n) is 3.45. The summed E-state index contributed by atoms with van der Waals surface area (Å²) in [5.41, 5.74) is 8.08. The second-order valence-corrected chi connectivity index (χ2v) is 7.18. The van der Waals surface area contributed by atoms with E-state index in [1.807, 2.05) is 51.4 Å². The fraction of sp³-hybridized carbons (Fsp3) is 0.333. The first-order valence-corrected chi connectivity index (χ1v) is 9.12. The molecule has 7 heteroatoms. The number of likely N-dealkylation sites (N-methyl/N-ethyl adjacent to an activating group) is 1. The number of fused-ring (bicyclic) bond motifs is 1. The molecule has 1 aromatic heterocycles. The number of rotatable bonds is 5. The number of aryl methyl sites for hydroxylation is 1. The van der Waals surface area contributed by atoms with Gasteiger partial charge in [0.2, 0.25) is 5.88 Å². The summed E-state index contributed by atoms with van der Waals surface area (Å²) in [7, 11) is 5.66. The topological polar surface area (TPSA) is 94.7 Å². The lowest BCUT2D eigenvalue weighted by Gasteiger charge is -2.27. The number of benzene rings is 1. The molecule has 0 unspecified atom stereocenters. The van der Waals surface area contributed by atoms with Crippen LogP contribution in [-0.4, -0.2) is 32.3 Å². The number of ether oxygens (including phenoxy) is 2. The molecule has 1 aliphatic rings. The van der Waals surface area contributed by atoms with Gasteiger partial charge in [0.05, 0.1) is 45.8 Å². The van der Waals surface area contributed by atoms with Crippen molar-refractivity contribution in [1.29, 1.82) is 5.26 Å². The van der Waals surface area contributed by atoms with Crippen LogP contribution in [0.25, 0.3) is 0 Å². The molecule has 2 aromatic rings. The predicted octanol–water partition coefficient (Wildman–Crippen LogP) is 0.528. The first-order valence-electron chi connectivity index (χ1n) is 9.12. The van der Waals surface area contributed by atoms with Crippen LogP contribution in [0.1, 0.15) is 22.7 Å². The highest BCUT2D eigenvalue weighted by atomic mass is 16.5. The summed E-state index contributed by atoms with van der Waals surface area (Å²) in [4.78, 5) is 14.7. The number of hydrogen-bond donors (Lipinski definition) is 2. The first kappa shape index (κ1) is 19.5. The van der Waals surface area contributed by atoms with Gasteiger partial charge < -0.3 is 24.7 Å². The van der Waals surface area contributed by atoms with E-state index < -0.39 is 5.92 Å². The zero-order valence-electron chi connectivity index (χ0n) is 16.6. The Kier molecular flexibility index (Phi) is 5.43. The Bertz CT molecular complexity index is 1030. The number of aromatic nitrogens is 1. The summed E-state index contributed by atoms with van der Waals surface area (Å²) < 4.78 is 12.7. The van der Waals surface area contributed by atoms with E-state index in [0.29, 0.717) is 23.6 Å². The van der Waals surface area contributed by atoms with Gasteiger partial charge in [-0.25, -0.2) is 0 Å². The monoisotopic (exact) mass is 381 g/mol. The maximum absolute atomic E-state index is 13.4. The highest BCUT2D eigenvalue weighted by Crippen LogP contribution is 2.41. The largest absolute Gasteiger partial charge is 0.497 e. The molecule has 146 valence electrons. The maximum atomic E-state index is 13.4. The van der Waals surface area contributed by atoms with Crippen molar-refractivity contribution in [3.63, 3.8) is 0 Å². The first-order chi connectivity index (χ1) is 13.4. The molecule has 1 aromatic carbocycles. The van der Waals surface area contributed by atoms with Gasteiger partial charge in [-0.1, -0.05) is 12.1 Å². The van der Waals surface area contributed by atoms with E-state index in [4.69, 9.17) is 15.2 Å². The summed E-state index contributed by atoms with van der Waals surface area (Å²) in [5, 5.41) is 9.72.